The summed E-state index contributed by atoms with van der Waals surface area (Å²) in [6, 6.07) is 13.5. The van der Waals surface area contributed by atoms with Crippen molar-refractivity contribution in [2.24, 2.45) is 5.92 Å². The highest BCUT2D eigenvalue weighted by Crippen LogP contribution is 2.24. The number of nitrogens with zero attached hydrogens (tertiary/aromatic N) is 1. The summed E-state index contributed by atoms with van der Waals surface area (Å²) < 4.78 is 0. The van der Waals surface area contributed by atoms with Gasteiger partial charge in [0, 0.05) is 30.2 Å². The van der Waals surface area contributed by atoms with Crippen molar-refractivity contribution < 1.29 is 9.59 Å². The lowest BCUT2D eigenvalue weighted by Crippen LogP contribution is -2.28. The summed E-state index contributed by atoms with van der Waals surface area (Å²) in [7, 11) is 0. The van der Waals surface area contributed by atoms with Crippen molar-refractivity contribution in [2.75, 3.05) is 11.9 Å². The molecule has 2 aromatic rings. The van der Waals surface area contributed by atoms with E-state index >= 15 is 0 Å². The van der Waals surface area contributed by atoms with Gasteiger partial charge < -0.3 is 10.2 Å². The first kappa shape index (κ1) is 17.5. The molecule has 0 aliphatic carbocycles. The van der Waals surface area contributed by atoms with Gasteiger partial charge in [-0.15, -0.1) is 0 Å². The van der Waals surface area contributed by atoms with Crippen molar-refractivity contribution in [1.82, 2.24) is 4.90 Å². The molecule has 0 spiro atoms. The highest BCUT2D eigenvalue weighted by Gasteiger charge is 2.34. The van der Waals surface area contributed by atoms with E-state index in [1.54, 1.807) is 17.0 Å². The van der Waals surface area contributed by atoms with E-state index in [-0.39, 0.29) is 24.2 Å². The van der Waals surface area contributed by atoms with Crippen molar-refractivity contribution >= 4 is 29.1 Å². The maximum absolute atomic E-state index is 12.5. The number of anilines is 1. The van der Waals surface area contributed by atoms with E-state index < -0.39 is 0 Å². The smallest absolute Gasteiger partial charge is 0.229 e. The van der Waals surface area contributed by atoms with E-state index in [4.69, 9.17) is 11.6 Å². The van der Waals surface area contributed by atoms with Crippen LogP contribution in [0.1, 0.15) is 23.1 Å². The van der Waals surface area contributed by atoms with E-state index in [9.17, 15) is 9.59 Å². The number of hydrogen-bond acceptors (Lipinski definition) is 2. The number of amides is 2. The summed E-state index contributed by atoms with van der Waals surface area (Å²) in [5, 5.41) is 3.48. The largest absolute Gasteiger partial charge is 0.338 e. The number of benzene rings is 2. The molecule has 1 aliphatic heterocycles. The van der Waals surface area contributed by atoms with Crippen LogP contribution in [-0.4, -0.2) is 23.3 Å². The molecule has 3 rings (SSSR count). The Kier molecular flexibility index (Phi) is 5.09. The quantitative estimate of drug-likeness (QED) is 0.901. The third-order valence-corrected chi connectivity index (χ3v) is 4.77. The first-order chi connectivity index (χ1) is 11.9. The number of carbonyl (C=O) groups excluding carboxylic acids is 2. The molecule has 1 N–H and O–H groups in total. The Balaban J connectivity index is 1.64. The number of nitrogens with one attached hydrogen (secondary N) is 1. The zero-order chi connectivity index (χ0) is 18.0. The summed E-state index contributed by atoms with van der Waals surface area (Å²) in [4.78, 5) is 26.5. The summed E-state index contributed by atoms with van der Waals surface area (Å²) in [5.74, 6) is -0.454. The van der Waals surface area contributed by atoms with E-state index in [2.05, 4.69) is 5.32 Å². The minimum Gasteiger partial charge on any atom is -0.338 e. The minimum absolute atomic E-state index is 0.0172. The molecule has 1 fully saturated rings. The summed E-state index contributed by atoms with van der Waals surface area (Å²) in [5.41, 5.74) is 3.90. The van der Waals surface area contributed by atoms with Crippen LogP contribution in [0.2, 0.25) is 5.02 Å². The van der Waals surface area contributed by atoms with Crippen LogP contribution in [0.4, 0.5) is 5.69 Å². The molecular weight excluding hydrogens is 336 g/mol. The van der Waals surface area contributed by atoms with Crippen LogP contribution in [0, 0.1) is 19.8 Å². The molecule has 130 valence electrons. The van der Waals surface area contributed by atoms with Crippen LogP contribution in [0.25, 0.3) is 0 Å². The predicted molar refractivity (Wildman–Crippen MR) is 99.5 cm³/mol. The third-order valence-electron chi connectivity index (χ3n) is 4.54. The van der Waals surface area contributed by atoms with Gasteiger partial charge in [-0.05, 0) is 37.1 Å². The summed E-state index contributed by atoms with van der Waals surface area (Å²) in [6.07, 6.45) is 0.247. The van der Waals surface area contributed by atoms with Gasteiger partial charge in [-0.1, -0.05) is 47.5 Å². The predicted octanol–water partition coefficient (Wildman–Crippen LogP) is 3.94. The second-order valence-corrected chi connectivity index (χ2v) is 7.05. The first-order valence-corrected chi connectivity index (χ1v) is 8.70. The number of hydrogen-bond donors (Lipinski definition) is 1. The Hall–Kier alpha value is -2.33. The van der Waals surface area contributed by atoms with Crippen LogP contribution in [0.5, 0.6) is 0 Å². The molecule has 0 aromatic heterocycles. The maximum Gasteiger partial charge on any atom is 0.229 e. The third kappa shape index (κ3) is 4.20. The number of carbonyl (C=O) groups is 2. The van der Waals surface area contributed by atoms with Gasteiger partial charge in [0.25, 0.3) is 0 Å². The lowest BCUT2D eigenvalue weighted by molar-refractivity contribution is -0.128. The topological polar surface area (TPSA) is 49.4 Å². The maximum atomic E-state index is 12.5. The van der Waals surface area contributed by atoms with Crippen molar-refractivity contribution in [3.63, 3.8) is 0 Å². The lowest BCUT2D eigenvalue weighted by atomic mass is 10.1. The molecule has 5 heteroatoms. The Morgan fingerprint density at radius 1 is 1.20 bits per heavy atom. The number of likely N-dealkylation sites (tertiary alicyclic amines) is 1. The van der Waals surface area contributed by atoms with Crippen molar-refractivity contribution in [2.45, 2.75) is 26.8 Å². The molecule has 4 nitrogen and oxygen atoms in total. The van der Waals surface area contributed by atoms with Crippen LogP contribution < -0.4 is 5.32 Å². The standard InChI is InChI=1S/C20H21ClN2O2/c1-13-3-6-15(7-4-13)11-23-12-16(9-19(23)24)20(25)22-18-10-17(21)8-5-14(18)2/h3-8,10,16H,9,11-12H2,1-2H3,(H,22,25). The van der Waals surface area contributed by atoms with Gasteiger partial charge in [0.1, 0.15) is 0 Å². The van der Waals surface area contributed by atoms with Gasteiger partial charge in [-0.25, -0.2) is 0 Å². The van der Waals surface area contributed by atoms with E-state index in [1.807, 2.05) is 44.2 Å². The average molecular weight is 357 g/mol. The molecule has 0 saturated carbocycles. The fourth-order valence-electron chi connectivity index (χ4n) is 2.98. The molecule has 0 radical (unpaired) electrons. The van der Waals surface area contributed by atoms with E-state index in [1.165, 1.54) is 5.56 Å². The molecule has 2 amide bonds. The van der Waals surface area contributed by atoms with Gasteiger partial charge in [0.2, 0.25) is 11.8 Å². The van der Waals surface area contributed by atoms with Crippen molar-refractivity contribution in [3.8, 4) is 0 Å². The molecule has 25 heavy (non-hydrogen) atoms. The lowest BCUT2D eigenvalue weighted by Gasteiger charge is -2.17. The van der Waals surface area contributed by atoms with Crippen LogP contribution >= 0.6 is 11.6 Å². The minimum atomic E-state index is -0.337. The molecule has 1 aliphatic rings. The number of aryl methyl sites for hydroxylation is 2. The van der Waals surface area contributed by atoms with Gasteiger partial charge in [0.05, 0.1) is 5.92 Å². The fourth-order valence-corrected chi connectivity index (χ4v) is 3.15. The molecular formula is C20H21ClN2O2. The van der Waals surface area contributed by atoms with Crippen molar-refractivity contribution in [3.05, 3.63) is 64.2 Å². The van der Waals surface area contributed by atoms with E-state index in [0.29, 0.717) is 23.8 Å². The van der Waals surface area contributed by atoms with Crippen LogP contribution in [0.15, 0.2) is 42.5 Å². The molecule has 1 atom stereocenters. The molecule has 0 bridgehead atoms. The Labute approximate surface area is 152 Å². The van der Waals surface area contributed by atoms with Crippen LogP contribution in [-0.2, 0) is 16.1 Å². The van der Waals surface area contributed by atoms with E-state index in [0.717, 1.165) is 11.1 Å². The number of rotatable bonds is 4. The van der Waals surface area contributed by atoms with Crippen molar-refractivity contribution in [1.29, 1.82) is 0 Å². The molecule has 1 unspecified atom stereocenters. The second kappa shape index (κ2) is 7.28. The Morgan fingerprint density at radius 3 is 2.64 bits per heavy atom. The van der Waals surface area contributed by atoms with Gasteiger partial charge in [-0.3, -0.25) is 9.59 Å². The SMILES string of the molecule is Cc1ccc(CN2CC(C(=O)Nc3cc(Cl)ccc3C)CC2=O)cc1. The zero-order valence-corrected chi connectivity index (χ0v) is 15.1. The highest BCUT2D eigenvalue weighted by atomic mass is 35.5. The monoisotopic (exact) mass is 356 g/mol. The Bertz CT molecular complexity index is 802. The first-order valence-electron chi connectivity index (χ1n) is 8.32. The number of halogens is 1. The molecule has 2 aromatic carbocycles. The molecule has 1 saturated heterocycles. The average Bonchev–Trinajstić information content (AvgIpc) is 2.94. The van der Waals surface area contributed by atoms with Gasteiger partial charge >= 0.3 is 0 Å². The second-order valence-electron chi connectivity index (χ2n) is 6.61. The molecule has 1 heterocycles. The zero-order valence-electron chi connectivity index (χ0n) is 14.4. The Morgan fingerprint density at radius 2 is 1.92 bits per heavy atom. The van der Waals surface area contributed by atoms with Gasteiger partial charge in [-0.2, -0.15) is 0 Å². The van der Waals surface area contributed by atoms with Crippen LogP contribution in [0.3, 0.4) is 0 Å². The van der Waals surface area contributed by atoms with Gasteiger partial charge in [0.15, 0.2) is 0 Å². The fraction of sp³-hybridized carbons (Fsp3) is 0.300. The normalized spacial score (nSPS) is 17.0. The highest BCUT2D eigenvalue weighted by molar-refractivity contribution is 6.31. The summed E-state index contributed by atoms with van der Waals surface area (Å²) >= 11 is 5.99. The summed E-state index contributed by atoms with van der Waals surface area (Å²) in [6.45, 7) is 4.93.